The van der Waals surface area contributed by atoms with Gasteiger partial charge in [0.05, 0.1) is 53.5 Å². The fourth-order valence-electron chi connectivity index (χ4n) is 4.84. The Morgan fingerprint density at radius 1 is 1.22 bits per heavy atom. The summed E-state index contributed by atoms with van der Waals surface area (Å²) in [5.41, 5.74) is 2.56. The van der Waals surface area contributed by atoms with Gasteiger partial charge in [-0.05, 0) is 50.5 Å². The molecule has 2 saturated heterocycles. The molecule has 9 heteroatoms. The summed E-state index contributed by atoms with van der Waals surface area (Å²) in [7, 11) is 0. The number of pyridine rings is 1. The van der Waals surface area contributed by atoms with Crippen molar-refractivity contribution in [1.82, 2.24) is 15.2 Å². The number of hydrogen-bond acceptors (Lipinski definition) is 6. The van der Waals surface area contributed by atoms with Gasteiger partial charge in [-0.2, -0.15) is 18.3 Å². The zero-order valence-electron chi connectivity index (χ0n) is 18.1. The first-order chi connectivity index (χ1) is 15.2. The molecule has 0 unspecified atom stereocenters. The van der Waals surface area contributed by atoms with Gasteiger partial charge in [-0.15, -0.1) is 5.10 Å². The average molecular weight is 443 g/mol. The summed E-state index contributed by atoms with van der Waals surface area (Å²) in [5, 5.41) is 12.6. The molecule has 0 amide bonds. The molecule has 1 aromatic carbocycles. The van der Waals surface area contributed by atoms with Gasteiger partial charge < -0.3 is 15.0 Å². The number of fused-ring (bicyclic) bond motifs is 3. The van der Waals surface area contributed by atoms with Gasteiger partial charge >= 0.3 is 6.18 Å². The minimum atomic E-state index is -4.40. The molecule has 3 atom stereocenters. The first kappa shape index (κ1) is 20.9. The van der Waals surface area contributed by atoms with Crippen molar-refractivity contribution in [1.29, 1.82) is 0 Å². The number of ether oxygens (including phenoxy) is 1. The fraction of sp³-hybridized carbons (Fsp3) is 0.435. The first-order valence-electron chi connectivity index (χ1n) is 10.7. The van der Waals surface area contributed by atoms with E-state index in [1.165, 1.54) is 13.0 Å². The van der Waals surface area contributed by atoms with E-state index in [1.807, 2.05) is 26.1 Å². The topological polar surface area (TPSA) is 63.2 Å². The second-order valence-electron chi connectivity index (χ2n) is 8.60. The number of halogens is 3. The van der Waals surface area contributed by atoms with Crippen LogP contribution in [0.25, 0.3) is 10.9 Å². The molecular weight excluding hydrogens is 419 g/mol. The Hall–Kier alpha value is -2.94. The SMILES string of the molecule is Cc1c([C@@H](C)Nc2nnc(C)c3ncc(N4C[C@@H]5C[C@H]4CO5)cc23)cccc1C(F)(F)F. The third kappa shape index (κ3) is 3.54. The van der Waals surface area contributed by atoms with Gasteiger partial charge in [-0.1, -0.05) is 12.1 Å². The van der Waals surface area contributed by atoms with Gasteiger partial charge in [0.2, 0.25) is 0 Å². The molecule has 0 saturated carbocycles. The van der Waals surface area contributed by atoms with Gasteiger partial charge in [0.25, 0.3) is 0 Å². The Morgan fingerprint density at radius 2 is 2.03 bits per heavy atom. The minimum Gasteiger partial charge on any atom is -0.374 e. The van der Waals surface area contributed by atoms with Crippen molar-refractivity contribution >= 4 is 22.4 Å². The first-order valence-corrected chi connectivity index (χ1v) is 10.7. The van der Waals surface area contributed by atoms with E-state index >= 15 is 0 Å². The Kier molecular flexibility index (Phi) is 4.96. The maximum absolute atomic E-state index is 13.4. The molecule has 2 aliphatic heterocycles. The molecule has 2 bridgehead atoms. The van der Waals surface area contributed by atoms with E-state index in [0.717, 1.165) is 35.6 Å². The van der Waals surface area contributed by atoms with Gasteiger partial charge in [0, 0.05) is 11.9 Å². The molecule has 2 fully saturated rings. The van der Waals surface area contributed by atoms with Gasteiger partial charge in [0.15, 0.2) is 5.82 Å². The van der Waals surface area contributed by atoms with Crippen LogP contribution in [0.5, 0.6) is 0 Å². The molecule has 0 spiro atoms. The highest BCUT2D eigenvalue weighted by molar-refractivity contribution is 5.92. The van der Waals surface area contributed by atoms with Crippen molar-refractivity contribution in [2.45, 2.75) is 51.6 Å². The highest BCUT2D eigenvalue weighted by Gasteiger charge is 2.39. The van der Waals surface area contributed by atoms with Crippen molar-refractivity contribution in [2.24, 2.45) is 0 Å². The van der Waals surface area contributed by atoms with Crippen molar-refractivity contribution < 1.29 is 17.9 Å². The van der Waals surface area contributed by atoms with Crippen molar-refractivity contribution in [3.8, 4) is 0 Å². The number of hydrogen-bond donors (Lipinski definition) is 1. The van der Waals surface area contributed by atoms with Crippen molar-refractivity contribution in [3.63, 3.8) is 0 Å². The maximum Gasteiger partial charge on any atom is 0.416 e. The molecule has 0 aliphatic carbocycles. The number of nitrogens with one attached hydrogen (secondary N) is 1. The second kappa shape index (κ2) is 7.58. The number of morpholine rings is 1. The van der Waals surface area contributed by atoms with E-state index in [2.05, 4.69) is 25.4 Å². The van der Waals surface area contributed by atoms with Crippen LogP contribution in [0.4, 0.5) is 24.7 Å². The van der Waals surface area contributed by atoms with Crippen LogP contribution in [0.2, 0.25) is 0 Å². The van der Waals surface area contributed by atoms with E-state index in [0.29, 0.717) is 29.7 Å². The van der Waals surface area contributed by atoms with Crippen LogP contribution in [-0.2, 0) is 10.9 Å². The molecule has 5 rings (SSSR count). The smallest absolute Gasteiger partial charge is 0.374 e. The lowest BCUT2D eigenvalue weighted by Crippen LogP contribution is -2.36. The van der Waals surface area contributed by atoms with Crippen LogP contribution in [0.1, 0.15) is 41.8 Å². The molecule has 0 radical (unpaired) electrons. The fourth-order valence-corrected chi connectivity index (χ4v) is 4.84. The van der Waals surface area contributed by atoms with E-state index in [-0.39, 0.29) is 11.7 Å². The van der Waals surface area contributed by atoms with Crippen molar-refractivity contribution in [3.05, 3.63) is 52.8 Å². The molecule has 168 valence electrons. The number of aromatic nitrogens is 3. The number of anilines is 2. The van der Waals surface area contributed by atoms with Crippen molar-refractivity contribution in [2.75, 3.05) is 23.4 Å². The Balaban J connectivity index is 1.50. The predicted molar refractivity (Wildman–Crippen MR) is 116 cm³/mol. The Labute approximate surface area is 183 Å². The summed E-state index contributed by atoms with van der Waals surface area (Å²) in [6.07, 6.45) is -1.27. The lowest BCUT2D eigenvalue weighted by molar-refractivity contribution is -0.138. The zero-order valence-corrected chi connectivity index (χ0v) is 18.1. The summed E-state index contributed by atoms with van der Waals surface area (Å²) in [5.74, 6) is 0.505. The quantitative estimate of drug-likeness (QED) is 0.624. The summed E-state index contributed by atoms with van der Waals surface area (Å²) in [4.78, 5) is 6.95. The van der Waals surface area contributed by atoms with Crippen LogP contribution in [0.15, 0.2) is 30.5 Å². The predicted octanol–water partition coefficient (Wildman–Crippen LogP) is 4.81. The summed E-state index contributed by atoms with van der Waals surface area (Å²) >= 11 is 0. The van der Waals surface area contributed by atoms with Crippen LogP contribution in [0, 0.1) is 13.8 Å². The standard InChI is InChI=1S/C23H24F3N5O/c1-12-18(5-4-6-20(12)23(24,25)26)13(2)28-22-19-8-15(9-27-21(19)14(3)29-30-22)31-10-17-7-16(31)11-32-17/h4-6,8-9,13,16-17H,7,10-11H2,1-3H3,(H,28,30)/t13-,16+,17+/m1/s1. The average Bonchev–Trinajstić information content (AvgIpc) is 3.38. The molecule has 3 aromatic rings. The highest BCUT2D eigenvalue weighted by atomic mass is 19.4. The number of nitrogens with zero attached hydrogens (tertiary/aromatic N) is 4. The van der Waals surface area contributed by atoms with E-state index in [4.69, 9.17) is 4.74 Å². The largest absolute Gasteiger partial charge is 0.416 e. The number of rotatable bonds is 4. The van der Waals surface area contributed by atoms with Gasteiger partial charge in [-0.25, -0.2) is 0 Å². The molecule has 4 heterocycles. The van der Waals surface area contributed by atoms with Gasteiger partial charge in [0.1, 0.15) is 0 Å². The molecule has 6 nitrogen and oxygen atoms in total. The lowest BCUT2D eigenvalue weighted by Gasteiger charge is -2.29. The lowest BCUT2D eigenvalue weighted by atomic mass is 9.97. The summed E-state index contributed by atoms with van der Waals surface area (Å²) < 4.78 is 45.8. The summed E-state index contributed by atoms with van der Waals surface area (Å²) in [6, 6.07) is 6.23. The zero-order chi connectivity index (χ0) is 22.6. The molecule has 32 heavy (non-hydrogen) atoms. The maximum atomic E-state index is 13.4. The third-order valence-corrected chi connectivity index (χ3v) is 6.50. The number of alkyl halides is 3. The third-order valence-electron chi connectivity index (χ3n) is 6.50. The Morgan fingerprint density at radius 3 is 2.72 bits per heavy atom. The summed E-state index contributed by atoms with van der Waals surface area (Å²) in [6.45, 7) is 6.71. The van der Waals surface area contributed by atoms with E-state index in [9.17, 15) is 13.2 Å². The normalized spacial score (nSPS) is 21.4. The number of aryl methyl sites for hydroxylation is 1. The number of benzene rings is 1. The van der Waals surface area contributed by atoms with Crippen LogP contribution in [0.3, 0.4) is 0 Å². The monoisotopic (exact) mass is 443 g/mol. The molecule has 2 aromatic heterocycles. The minimum absolute atomic E-state index is 0.205. The van der Waals surface area contributed by atoms with Crippen LogP contribution >= 0.6 is 0 Å². The molecular formula is C23H24F3N5O. The highest BCUT2D eigenvalue weighted by Crippen LogP contribution is 2.37. The van der Waals surface area contributed by atoms with E-state index < -0.39 is 17.8 Å². The Bertz CT molecular complexity index is 1180. The van der Waals surface area contributed by atoms with E-state index in [1.54, 1.807) is 6.07 Å². The van der Waals surface area contributed by atoms with Crippen LogP contribution in [-0.4, -0.2) is 40.5 Å². The molecule has 2 aliphatic rings. The molecule has 1 N–H and O–H groups in total. The second-order valence-corrected chi connectivity index (χ2v) is 8.60. The van der Waals surface area contributed by atoms with Crippen LogP contribution < -0.4 is 10.2 Å². The van der Waals surface area contributed by atoms with Gasteiger partial charge in [-0.3, -0.25) is 4.98 Å².